The van der Waals surface area contributed by atoms with Gasteiger partial charge in [-0.25, -0.2) is 0 Å². The molecule has 96 valence electrons. The molecule has 0 aliphatic heterocycles. The summed E-state index contributed by atoms with van der Waals surface area (Å²) in [7, 11) is 0. The van der Waals surface area contributed by atoms with E-state index in [9.17, 15) is 5.11 Å². The molecule has 1 aromatic carbocycles. The highest BCUT2D eigenvalue weighted by Gasteiger charge is 2.03. The van der Waals surface area contributed by atoms with Crippen molar-refractivity contribution in [3.8, 4) is 5.75 Å². The molecule has 0 fully saturated rings. The molecule has 1 atom stereocenters. The van der Waals surface area contributed by atoms with Gasteiger partial charge in [-0.15, -0.1) is 0 Å². The first-order valence-corrected chi connectivity index (χ1v) is 6.23. The van der Waals surface area contributed by atoms with Gasteiger partial charge in [0, 0.05) is 12.6 Å². The van der Waals surface area contributed by atoms with E-state index in [1.165, 1.54) is 5.56 Å². The second-order valence-electron chi connectivity index (χ2n) is 4.54. The molecule has 0 spiro atoms. The SMILES string of the molecule is CC(C)OCCCNC(C)c1ccc(O)cc1. The first-order chi connectivity index (χ1) is 8.09. The summed E-state index contributed by atoms with van der Waals surface area (Å²) in [5.74, 6) is 0.311. The summed E-state index contributed by atoms with van der Waals surface area (Å²) in [5, 5.41) is 12.6. The van der Waals surface area contributed by atoms with E-state index in [2.05, 4.69) is 12.2 Å². The number of aromatic hydroxyl groups is 1. The second-order valence-corrected chi connectivity index (χ2v) is 4.54. The van der Waals surface area contributed by atoms with Crippen LogP contribution in [0.2, 0.25) is 0 Å². The fraction of sp³-hybridized carbons (Fsp3) is 0.571. The van der Waals surface area contributed by atoms with E-state index in [-0.39, 0.29) is 0 Å². The second kappa shape index (κ2) is 7.30. The molecule has 1 unspecified atom stereocenters. The van der Waals surface area contributed by atoms with Gasteiger partial charge >= 0.3 is 0 Å². The van der Waals surface area contributed by atoms with Crippen LogP contribution in [-0.4, -0.2) is 24.4 Å². The maximum absolute atomic E-state index is 9.20. The lowest BCUT2D eigenvalue weighted by Crippen LogP contribution is -2.21. The van der Waals surface area contributed by atoms with E-state index >= 15 is 0 Å². The van der Waals surface area contributed by atoms with Crippen molar-refractivity contribution in [3.05, 3.63) is 29.8 Å². The minimum absolute atomic E-state index is 0.301. The maximum atomic E-state index is 9.20. The third kappa shape index (κ3) is 5.71. The van der Waals surface area contributed by atoms with Crippen molar-refractivity contribution >= 4 is 0 Å². The Balaban J connectivity index is 2.21. The van der Waals surface area contributed by atoms with E-state index in [4.69, 9.17) is 4.74 Å². The molecule has 0 aliphatic carbocycles. The van der Waals surface area contributed by atoms with E-state index in [0.717, 1.165) is 19.6 Å². The van der Waals surface area contributed by atoms with Crippen LogP contribution < -0.4 is 5.32 Å². The van der Waals surface area contributed by atoms with E-state index < -0.39 is 0 Å². The number of rotatable bonds is 7. The number of nitrogens with one attached hydrogen (secondary N) is 1. The first-order valence-electron chi connectivity index (χ1n) is 6.23. The zero-order valence-electron chi connectivity index (χ0n) is 10.9. The predicted octanol–water partition coefficient (Wildman–Crippen LogP) is 2.86. The largest absolute Gasteiger partial charge is 0.508 e. The smallest absolute Gasteiger partial charge is 0.115 e. The van der Waals surface area contributed by atoms with Crippen LogP contribution in [0.4, 0.5) is 0 Å². The molecule has 0 heterocycles. The van der Waals surface area contributed by atoms with Crippen LogP contribution in [0.3, 0.4) is 0 Å². The Labute approximate surface area is 104 Å². The Morgan fingerprint density at radius 1 is 1.18 bits per heavy atom. The summed E-state index contributed by atoms with van der Waals surface area (Å²) in [4.78, 5) is 0. The molecule has 1 rings (SSSR count). The molecule has 0 aliphatic rings. The van der Waals surface area contributed by atoms with Gasteiger partial charge in [0.2, 0.25) is 0 Å². The Bertz CT molecular complexity index is 309. The number of phenols is 1. The Kier molecular flexibility index (Phi) is 6.01. The fourth-order valence-corrected chi connectivity index (χ4v) is 1.59. The summed E-state index contributed by atoms with van der Waals surface area (Å²) in [5.41, 5.74) is 1.19. The molecule has 0 saturated carbocycles. The van der Waals surface area contributed by atoms with Gasteiger partial charge in [-0.2, -0.15) is 0 Å². The van der Waals surface area contributed by atoms with Crippen LogP contribution in [0.15, 0.2) is 24.3 Å². The molecule has 2 N–H and O–H groups in total. The van der Waals surface area contributed by atoms with Gasteiger partial charge in [-0.1, -0.05) is 12.1 Å². The van der Waals surface area contributed by atoms with Crippen LogP contribution in [0.25, 0.3) is 0 Å². The summed E-state index contributed by atoms with van der Waals surface area (Å²) < 4.78 is 5.47. The summed E-state index contributed by atoms with van der Waals surface area (Å²) in [6.45, 7) is 7.95. The minimum atomic E-state index is 0.301. The van der Waals surface area contributed by atoms with Crippen LogP contribution in [0, 0.1) is 0 Å². The normalized spacial score (nSPS) is 12.9. The fourth-order valence-electron chi connectivity index (χ4n) is 1.59. The van der Waals surface area contributed by atoms with Gasteiger partial charge < -0.3 is 15.2 Å². The standard InChI is InChI=1S/C14H23NO2/c1-11(2)17-10-4-9-15-12(3)13-5-7-14(16)8-6-13/h5-8,11-12,15-16H,4,9-10H2,1-3H3. The van der Waals surface area contributed by atoms with Crippen LogP contribution >= 0.6 is 0 Å². The molecule has 17 heavy (non-hydrogen) atoms. The van der Waals surface area contributed by atoms with Crippen molar-refractivity contribution in [2.75, 3.05) is 13.2 Å². The van der Waals surface area contributed by atoms with Crippen molar-refractivity contribution in [1.82, 2.24) is 5.32 Å². The lowest BCUT2D eigenvalue weighted by atomic mass is 10.1. The molecule has 0 amide bonds. The maximum Gasteiger partial charge on any atom is 0.115 e. The molecule has 0 saturated heterocycles. The van der Waals surface area contributed by atoms with Crippen molar-refractivity contribution in [3.63, 3.8) is 0 Å². The Morgan fingerprint density at radius 2 is 1.82 bits per heavy atom. The molecular formula is C14H23NO2. The van der Waals surface area contributed by atoms with Crippen LogP contribution in [0.1, 0.15) is 38.8 Å². The molecule has 3 heteroatoms. The zero-order valence-corrected chi connectivity index (χ0v) is 10.9. The number of hydrogen-bond acceptors (Lipinski definition) is 3. The monoisotopic (exact) mass is 237 g/mol. The lowest BCUT2D eigenvalue weighted by molar-refractivity contribution is 0.0768. The zero-order chi connectivity index (χ0) is 12.7. The molecule has 0 bridgehead atoms. The number of hydrogen-bond donors (Lipinski definition) is 2. The van der Waals surface area contributed by atoms with Crippen LogP contribution in [-0.2, 0) is 4.74 Å². The average molecular weight is 237 g/mol. The van der Waals surface area contributed by atoms with Crippen molar-refractivity contribution in [2.45, 2.75) is 39.3 Å². The highest BCUT2D eigenvalue weighted by molar-refractivity contribution is 5.27. The van der Waals surface area contributed by atoms with Gasteiger partial charge in [0.05, 0.1) is 6.10 Å². The number of phenolic OH excluding ortho intramolecular Hbond substituents is 1. The van der Waals surface area contributed by atoms with Gasteiger partial charge in [-0.05, 0) is 51.4 Å². The Hall–Kier alpha value is -1.06. The molecule has 3 nitrogen and oxygen atoms in total. The number of benzene rings is 1. The quantitative estimate of drug-likeness (QED) is 0.716. The third-order valence-corrected chi connectivity index (χ3v) is 2.62. The first kappa shape index (κ1) is 14.0. The van der Waals surface area contributed by atoms with E-state index in [1.54, 1.807) is 12.1 Å². The van der Waals surface area contributed by atoms with Crippen molar-refractivity contribution in [1.29, 1.82) is 0 Å². The molecule has 1 aromatic rings. The summed E-state index contributed by atoms with van der Waals surface area (Å²) >= 11 is 0. The molecule has 0 radical (unpaired) electrons. The van der Waals surface area contributed by atoms with E-state index in [0.29, 0.717) is 17.9 Å². The summed E-state index contributed by atoms with van der Waals surface area (Å²) in [6, 6.07) is 7.62. The van der Waals surface area contributed by atoms with Crippen molar-refractivity contribution in [2.24, 2.45) is 0 Å². The Morgan fingerprint density at radius 3 is 2.41 bits per heavy atom. The van der Waals surface area contributed by atoms with Gasteiger partial charge in [0.1, 0.15) is 5.75 Å². The third-order valence-electron chi connectivity index (χ3n) is 2.62. The molecular weight excluding hydrogens is 214 g/mol. The van der Waals surface area contributed by atoms with Crippen molar-refractivity contribution < 1.29 is 9.84 Å². The molecule has 0 aromatic heterocycles. The average Bonchev–Trinajstić information content (AvgIpc) is 2.29. The lowest BCUT2D eigenvalue weighted by Gasteiger charge is -2.14. The topological polar surface area (TPSA) is 41.5 Å². The van der Waals surface area contributed by atoms with E-state index in [1.807, 2.05) is 26.0 Å². The minimum Gasteiger partial charge on any atom is -0.508 e. The van der Waals surface area contributed by atoms with Gasteiger partial charge in [0.15, 0.2) is 0 Å². The van der Waals surface area contributed by atoms with Gasteiger partial charge in [-0.3, -0.25) is 0 Å². The highest BCUT2D eigenvalue weighted by atomic mass is 16.5. The predicted molar refractivity (Wildman–Crippen MR) is 70.2 cm³/mol. The number of ether oxygens (including phenoxy) is 1. The van der Waals surface area contributed by atoms with Gasteiger partial charge in [0.25, 0.3) is 0 Å². The summed E-state index contributed by atoms with van der Waals surface area (Å²) in [6.07, 6.45) is 1.32. The van der Waals surface area contributed by atoms with Crippen LogP contribution in [0.5, 0.6) is 5.75 Å². The highest BCUT2D eigenvalue weighted by Crippen LogP contribution is 2.16.